The Morgan fingerprint density at radius 3 is 2.54 bits per heavy atom. The number of hydrogen-bond acceptors (Lipinski definition) is 5. The number of halogens is 1. The molecule has 2 atom stereocenters. The zero-order chi connectivity index (χ0) is 17.3. The molecule has 2 fully saturated rings. The Kier molecular flexibility index (Phi) is 5.12. The second-order valence-corrected chi connectivity index (χ2v) is 8.41. The monoisotopic (exact) mass is 373 g/mol. The maximum absolute atomic E-state index is 12.6. The van der Waals surface area contributed by atoms with Crippen molar-refractivity contribution in [3.8, 4) is 0 Å². The van der Waals surface area contributed by atoms with E-state index in [9.17, 15) is 18.3 Å². The minimum absolute atomic E-state index is 0.0775. The van der Waals surface area contributed by atoms with Crippen LogP contribution in [0.2, 0.25) is 5.02 Å². The number of piperazine rings is 1. The van der Waals surface area contributed by atoms with Crippen LogP contribution >= 0.6 is 11.6 Å². The highest BCUT2D eigenvalue weighted by atomic mass is 35.5. The summed E-state index contributed by atoms with van der Waals surface area (Å²) in [5.74, 6) is -0.0775. The zero-order valence-corrected chi connectivity index (χ0v) is 14.6. The standard InChI is InChI=1S/C15H20ClN3O4S/c16-11-2-1-3-13(8-11)24(22,23)19-6-4-18(5-7-19)15(21)14-9-12(20)10-17-14/h1-3,8,12,14,17,20H,4-7,9-10H2. The molecule has 0 aliphatic carbocycles. The summed E-state index contributed by atoms with van der Waals surface area (Å²) in [4.78, 5) is 14.2. The normalized spacial score (nSPS) is 25.8. The van der Waals surface area contributed by atoms with Crippen LogP contribution in [0.3, 0.4) is 0 Å². The van der Waals surface area contributed by atoms with Crippen molar-refractivity contribution >= 4 is 27.5 Å². The largest absolute Gasteiger partial charge is 0.392 e. The van der Waals surface area contributed by atoms with Crippen molar-refractivity contribution in [3.05, 3.63) is 29.3 Å². The lowest BCUT2D eigenvalue weighted by Crippen LogP contribution is -2.54. The minimum Gasteiger partial charge on any atom is -0.392 e. The Bertz CT molecular complexity index is 719. The highest BCUT2D eigenvalue weighted by molar-refractivity contribution is 7.89. The van der Waals surface area contributed by atoms with E-state index in [2.05, 4.69) is 5.32 Å². The van der Waals surface area contributed by atoms with E-state index in [0.717, 1.165) is 0 Å². The van der Waals surface area contributed by atoms with Gasteiger partial charge in [-0.15, -0.1) is 0 Å². The fraction of sp³-hybridized carbons (Fsp3) is 0.533. The Labute approximate surface area is 146 Å². The zero-order valence-electron chi connectivity index (χ0n) is 13.1. The molecule has 24 heavy (non-hydrogen) atoms. The van der Waals surface area contributed by atoms with Gasteiger partial charge in [-0.05, 0) is 24.6 Å². The summed E-state index contributed by atoms with van der Waals surface area (Å²) in [7, 11) is -3.61. The Balaban J connectivity index is 1.63. The Morgan fingerprint density at radius 1 is 1.25 bits per heavy atom. The average Bonchev–Trinajstić information content (AvgIpc) is 3.01. The van der Waals surface area contributed by atoms with Gasteiger partial charge in [0.1, 0.15) is 0 Å². The van der Waals surface area contributed by atoms with Crippen molar-refractivity contribution in [1.29, 1.82) is 0 Å². The third-order valence-corrected chi connectivity index (χ3v) is 6.52. The lowest BCUT2D eigenvalue weighted by atomic mass is 10.1. The summed E-state index contributed by atoms with van der Waals surface area (Å²) in [5, 5.41) is 12.9. The van der Waals surface area contributed by atoms with Gasteiger partial charge in [-0.25, -0.2) is 8.42 Å². The lowest BCUT2D eigenvalue weighted by molar-refractivity contribution is -0.134. The maximum atomic E-state index is 12.6. The topological polar surface area (TPSA) is 89.9 Å². The van der Waals surface area contributed by atoms with E-state index in [0.29, 0.717) is 31.1 Å². The number of sulfonamides is 1. The molecule has 2 N–H and O–H groups in total. The number of aliphatic hydroxyl groups is 1. The number of β-amino-alcohol motifs (C(OH)–C–C–N with tert-alkyl or cyclic N) is 1. The fourth-order valence-electron chi connectivity index (χ4n) is 3.05. The molecule has 9 heteroatoms. The highest BCUT2D eigenvalue weighted by Crippen LogP contribution is 2.21. The van der Waals surface area contributed by atoms with Crippen LogP contribution in [0.25, 0.3) is 0 Å². The fourth-order valence-corrected chi connectivity index (χ4v) is 4.77. The van der Waals surface area contributed by atoms with Gasteiger partial charge in [0.05, 0.1) is 17.0 Å². The molecule has 132 valence electrons. The maximum Gasteiger partial charge on any atom is 0.243 e. The molecule has 0 aromatic heterocycles. The number of rotatable bonds is 3. The Morgan fingerprint density at radius 2 is 1.96 bits per heavy atom. The number of benzene rings is 1. The number of amides is 1. The number of carbonyl (C=O) groups excluding carboxylic acids is 1. The van der Waals surface area contributed by atoms with Gasteiger partial charge >= 0.3 is 0 Å². The second kappa shape index (κ2) is 6.97. The first-order chi connectivity index (χ1) is 11.4. The van der Waals surface area contributed by atoms with Crippen molar-refractivity contribution in [2.24, 2.45) is 0 Å². The molecule has 1 aromatic rings. The molecule has 2 unspecified atom stereocenters. The Hall–Kier alpha value is -1.19. The van der Waals surface area contributed by atoms with Crippen molar-refractivity contribution in [3.63, 3.8) is 0 Å². The summed E-state index contributed by atoms with van der Waals surface area (Å²) >= 11 is 5.88. The smallest absolute Gasteiger partial charge is 0.243 e. The molecule has 2 aliphatic heterocycles. The van der Waals surface area contributed by atoms with Gasteiger partial charge in [-0.3, -0.25) is 4.79 Å². The van der Waals surface area contributed by atoms with Crippen LogP contribution in [0.5, 0.6) is 0 Å². The number of nitrogens with zero attached hydrogens (tertiary/aromatic N) is 2. The van der Waals surface area contributed by atoms with Crippen LogP contribution in [0.15, 0.2) is 29.2 Å². The van der Waals surface area contributed by atoms with Crippen molar-refractivity contribution in [2.45, 2.75) is 23.5 Å². The molecule has 1 amide bonds. The predicted molar refractivity (Wildman–Crippen MR) is 89.2 cm³/mol. The quantitative estimate of drug-likeness (QED) is 0.772. The molecule has 0 radical (unpaired) electrons. The number of nitrogens with one attached hydrogen (secondary N) is 1. The van der Waals surface area contributed by atoms with Crippen molar-refractivity contribution in [1.82, 2.24) is 14.5 Å². The SMILES string of the molecule is O=C(C1CC(O)CN1)N1CCN(S(=O)(=O)c2cccc(Cl)c2)CC1. The van der Waals surface area contributed by atoms with E-state index >= 15 is 0 Å². The summed E-state index contributed by atoms with van der Waals surface area (Å²) in [5.41, 5.74) is 0. The van der Waals surface area contributed by atoms with E-state index < -0.39 is 16.1 Å². The van der Waals surface area contributed by atoms with Crippen LogP contribution < -0.4 is 5.32 Å². The molecule has 3 rings (SSSR count). The molecule has 2 heterocycles. The van der Waals surface area contributed by atoms with Crippen molar-refractivity contribution < 1.29 is 18.3 Å². The predicted octanol–water partition coefficient (Wildman–Crippen LogP) is -0.104. The van der Waals surface area contributed by atoms with E-state index in [1.807, 2.05) is 0 Å². The van der Waals surface area contributed by atoms with Gasteiger partial charge in [0.15, 0.2) is 0 Å². The number of carbonyl (C=O) groups is 1. The van der Waals surface area contributed by atoms with E-state index in [1.165, 1.54) is 16.4 Å². The number of aliphatic hydroxyl groups excluding tert-OH is 1. The van der Waals surface area contributed by atoms with Gasteiger partial charge in [-0.1, -0.05) is 17.7 Å². The van der Waals surface area contributed by atoms with E-state index in [1.54, 1.807) is 17.0 Å². The van der Waals surface area contributed by atoms with Crippen LogP contribution in [0.1, 0.15) is 6.42 Å². The third kappa shape index (κ3) is 3.57. The molecule has 0 bridgehead atoms. The molecule has 0 saturated carbocycles. The highest BCUT2D eigenvalue weighted by Gasteiger charge is 2.35. The van der Waals surface area contributed by atoms with Gasteiger partial charge < -0.3 is 15.3 Å². The van der Waals surface area contributed by atoms with Crippen LogP contribution in [-0.4, -0.2) is 73.5 Å². The second-order valence-electron chi connectivity index (χ2n) is 6.04. The summed E-state index contributed by atoms with van der Waals surface area (Å²) in [6.07, 6.45) is -0.0942. The average molecular weight is 374 g/mol. The molecule has 2 aliphatic rings. The summed E-state index contributed by atoms with van der Waals surface area (Å²) in [6.45, 7) is 1.59. The molecule has 2 saturated heterocycles. The summed E-state index contributed by atoms with van der Waals surface area (Å²) in [6, 6.07) is 5.80. The minimum atomic E-state index is -3.61. The first-order valence-corrected chi connectivity index (χ1v) is 9.65. The van der Waals surface area contributed by atoms with Gasteiger partial charge in [-0.2, -0.15) is 4.31 Å². The van der Waals surface area contributed by atoms with Crippen LogP contribution in [0, 0.1) is 0 Å². The van der Waals surface area contributed by atoms with Crippen LogP contribution in [0.4, 0.5) is 0 Å². The third-order valence-electron chi connectivity index (χ3n) is 4.39. The molecule has 7 nitrogen and oxygen atoms in total. The van der Waals surface area contributed by atoms with E-state index in [4.69, 9.17) is 11.6 Å². The first kappa shape index (κ1) is 17.6. The lowest BCUT2D eigenvalue weighted by Gasteiger charge is -2.35. The molecular formula is C15H20ClN3O4S. The van der Waals surface area contributed by atoms with Crippen LogP contribution in [-0.2, 0) is 14.8 Å². The van der Waals surface area contributed by atoms with Crippen molar-refractivity contribution in [2.75, 3.05) is 32.7 Å². The summed E-state index contributed by atoms with van der Waals surface area (Å²) < 4.78 is 26.6. The molecular weight excluding hydrogens is 354 g/mol. The number of hydrogen-bond donors (Lipinski definition) is 2. The first-order valence-electron chi connectivity index (χ1n) is 7.84. The molecule has 0 spiro atoms. The van der Waals surface area contributed by atoms with Gasteiger partial charge in [0.25, 0.3) is 0 Å². The van der Waals surface area contributed by atoms with E-state index in [-0.39, 0.29) is 29.9 Å². The van der Waals surface area contributed by atoms with Gasteiger partial charge in [0, 0.05) is 37.7 Å². The van der Waals surface area contributed by atoms with Gasteiger partial charge in [0.2, 0.25) is 15.9 Å². The molecule has 1 aromatic carbocycles.